The Morgan fingerprint density at radius 1 is 1.33 bits per heavy atom. The van der Waals surface area contributed by atoms with E-state index in [1.165, 1.54) is 6.42 Å². The summed E-state index contributed by atoms with van der Waals surface area (Å²) in [5, 5.41) is 1.03. The molecule has 2 aromatic rings. The standard InChI is InChI=1S/C18H22N2O/c1-3-14-7-6-13(2)20(12-14)18(21)16-8-9-17-15(11-16)5-4-10-19-17/h4-5,8-11,13-14H,3,6-7,12H2,1-2H3/t13-,14+/m1/s1. The average molecular weight is 282 g/mol. The lowest BCUT2D eigenvalue weighted by Gasteiger charge is -2.38. The summed E-state index contributed by atoms with van der Waals surface area (Å²) in [6.45, 7) is 5.26. The summed E-state index contributed by atoms with van der Waals surface area (Å²) in [6, 6.07) is 10.1. The number of carbonyl (C=O) groups is 1. The molecule has 0 spiro atoms. The molecule has 110 valence electrons. The molecule has 0 bridgehead atoms. The molecule has 1 amide bonds. The molecule has 3 rings (SSSR count). The number of aromatic nitrogens is 1. The number of rotatable bonds is 2. The molecular weight excluding hydrogens is 260 g/mol. The Balaban J connectivity index is 1.88. The molecule has 1 aliphatic rings. The fraction of sp³-hybridized carbons (Fsp3) is 0.444. The van der Waals surface area contributed by atoms with Crippen molar-refractivity contribution in [2.75, 3.05) is 6.54 Å². The molecule has 1 fully saturated rings. The lowest BCUT2D eigenvalue weighted by atomic mass is 9.91. The van der Waals surface area contributed by atoms with Gasteiger partial charge in [0.2, 0.25) is 0 Å². The second-order valence-corrected chi connectivity index (χ2v) is 6.07. The van der Waals surface area contributed by atoms with Gasteiger partial charge in [-0.15, -0.1) is 0 Å². The summed E-state index contributed by atoms with van der Waals surface area (Å²) in [6.07, 6.45) is 5.28. The molecule has 1 aliphatic heterocycles. The van der Waals surface area contributed by atoms with E-state index in [1.807, 2.05) is 30.3 Å². The number of hydrogen-bond acceptors (Lipinski definition) is 2. The maximum absolute atomic E-state index is 12.8. The van der Waals surface area contributed by atoms with Crippen LogP contribution in [0.25, 0.3) is 10.9 Å². The SMILES string of the molecule is CC[C@H]1CC[C@@H](C)N(C(=O)c2ccc3ncccc3c2)C1. The lowest BCUT2D eigenvalue weighted by molar-refractivity contribution is 0.0557. The van der Waals surface area contributed by atoms with E-state index in [-0.39, 0.29) is 5.91 Å². The van der Waals surface area contributed by atoms with E-state index in [2.05, 4.69) is 23.7 Å². The van der Waals surface area contributed by atoms with Crippen molar-refractivity contribution in [3.8, 4) is 0 Å². The molecule has 0 aliphatic carbocycles. The van der Waals surface area contributed by atoms with Crippen molar-refractivity contribution >= 4 is 16.8 Å². The van der Waals surface area contributed by atoms with Crippen LogP contribution >= 0.6 is 0 Å². The number of benzene rings is 1. The molecule has 0 saturated carbocycles. The van der Waals surface area contributed by atoms with Crippen LogP contribution in [0.3, 0.4) is 0 Å². The minimum Gasteiger partial charge on any atom is -0.336 e. The van der Waals surface area contributed by atoms with Gasteiger partial charge in [0.25, 0.3) is 5.91 Å². The first kappa shape index (κ1) is 14.1. The highest BCUT2D eigenvalue weighted by molar-refractivity contribution is 5.98. The number of fused-ring (bicyclic) bond motifs is 1. The first-order valence-electron chi connectivity index (χ1n) is 7.84. The molecule has 0 N–H and O–H groups in total. The van der Waals surface area contributed by atoms with Gasteiger partial charge < -0.3 is 4.90 Å². The monoisotopic (exact) mass is 282 g/mol. The van der Waals surface area contributed by atoms with Gasteiger partial charge in [-0.05, 0) is 49.9 Å². The van der Waals surface area contributed by atoms with Crippen LogP contribution in [0, 0.1) is 5.92 Å². The van der Waals surface area contributed by atoms with Crippen LogP contribution in [0.1, 0.15) is 43.5 Å². The summed E-state index contributed by atoms with van der Waals surface area (Å²) in [4.78, 5) is 19.2. The van der Waals surface area contributed by atoms with E-state index in [0.29, 0.717) is 12.0 Å². The second-order valence-electron chi connectivity index (χ2n) is 6.07. The number of carbonyl (C=O) groups excluding carboxylic acids is 1. The molecule has 2 atom stereocenters. The van der Waals surface area contributed by atoms with Gasteiger partial charge in [0.15, 0.2) is 0 Å². The Morgan fingerprint density at radius 3 is 3.00 bits per heavy atom. The molecular formula is C18H22N2O. The first-order chi connectivity index (χ1) is 10.2. The molecule has 0 radical (unpaired) electrons. The van der Waals surface area contributed by atoms with Crippen LogP contribution in [0.5, 0.6) is 0 Å². The first-order valence-corrected chi connectivity index (χ1v) is 7.84. The van der Waals surface area contributed by atoms with Crippen LogP contribution < -0.4 is 0 Å². The van der Waals surface area contributed by atoms with E-state index >= 15 is 0 Å². The molecule has 0 unspecified atom stereocenters. The third-order valence-electron chi connectivity index (χ3n) is 4.67. The number of pyridine rings is 1. The van der Waals surface area contributed by atoms with Gasteiger partial charge in [0.05, 0.1) is 5.52 Å². The Kier molecular flexibility index (Phi) is 3.91. The Labute approximate surface area is 126 Å². The summed E-state index contributed by atoms with van der Waals surface area (Å²) in [5.74, 6) is 0.804. The van der Waals surface area contributed by atoms with Crippen molar-refractivity contribution in [3.05, 3.63) is 42.1 Å². The van der Waals surface area contributed by atoms with E-state index in [4.69, 9.17) is 0 Å². The van der Waals surface area contributed by atoms with Crippen molar-refractivity contribution < 1.29 is 4.79 Å². The quantitative estimate of drug-likeness (QED) is 0.837. The van der Waals surface area contributed by atoms with Crippen molar-refractivity contribution in [2.45, 2.75) is 39.2 Å². The predicted octanol–water partition coefficient (Wildman–Crippen LogP) is 3.89. The van der Waals surface area contributed by atoms with Crippen LogP contribution in [0.4, 0.5) is 0 Å². The van der Waals surface area contributed by atoms with E-state index in [1.54, 1.807) is 6.20 Å². The molecule has 3 nitrogen and oxygen atoms in total. The predicted molar refractivity (Wildman–Crippen MR) is 85.3 cm³/mol. The van der Waals surface area contributed by atoms with Crippen LogP contribution in [-0.2, 0) is 0 Å². The fourth-order valence-electron chi connectivity index (χ4n) is 3.17. The zero-order valence-electron chi connectivity index (χ0n) is 12.7. The highest BCUT2D eigenvalue weighted by Gasteiger charge is 2.28. The van der Waals surface area contributed by atoms with Crippen molar-refractivity contribution in [2.24, 2.45) is 5.92 Å². The Bertz CT molecular complexity index is 652. The van der Waals surface area contributed by atoms with Crippen LogP contribution in [0.15, 0.2) is 36.5 Å². The molecule has 21 heavy (non-hydrogen) atoms. The summed E-state index contributed by atoms with van der Waals surface area (Å²) >= 11 is 0. The second kappa shape index (κ2) is 5.84. The summed E-state index contributed by atoms with van der Waals surface area (Å²) in [7, 11) is 0. The van der Waals surface area contributed by atoms with Gasteiger partial charge in [-0.3, -0.25) is 9.78 Å². The van der Waals surface area contributed by atoms with Gasteiger partial charge in [0.1, 0.15) is 0 Å². The van der Waals surface area contributed by atoms with E-state index < -0.39 is 0 Å². The largest absolute Gasteiger partial charge is 0.336 e. The molecule has 1 saturated heterocycles. The third kappa shape index (κ3) is 2.78. The van der Waals surface area contributed by atoms with E-state index in [9.17, 15) is 4.79 Å². The highest BCUT2D eigenvalue weighted by Crippen LogP contribution is 2.26. The molecule has 2 heterocycles. The Morgan fingerprint density at radius 2 is 2.19 bits per heavy atom. The van der Waals surface area contributed by atoms with Crippen LogP contribution in [-0.4, -0.2) is 28.4 Å². The minimum absolute atomic E-state index is 0.159. The lowest BCUT2D eigenvalue weighted by Crippen LogP contribution is -2.45. The molecule has 1 aromatic heterocycles. The van der Waals surface area contributed by atoms with Gasteiger partial charge in [0, 0.05) is 29.7 Å². The maximum Gasteiger partial charge on any atom is 0.254 e. The smallest absolute Gasteiger partial charge is 0.254 e. The zero-order chi connectivity index (χ0) is 14.8. The zero-order valence-corrected chi connectivity index (χ0v) is 12.7. The summed E-state index contributed by atoms with van der Waals surface area (Å²) in [5.41, 5.74) is 1.71. The average Bonchev–Trinajstić information content (AvgIpc) is 2.54. The van der Waals surface area contributed by atoms with Gasteiger partial charge >= 0.3 is 0 Å². The summed E-state index contributed by atoms with van der Waals surface area (Å²) < 4.78 is 0. The number of likely N-dealkylation sites (tertiary alicyclic amines) is 1. The number of amides is 1. The fourth-order valence-corrected chi connectivity index (χ4v) is 3.17. The number of nitrogens with zero attached hydrogens (tertiary/aromatic N) is 2. The number of piperidine rings is 1. The van der Waals surface area contributed by atoms with Gasteiger partial charge in [-0.2, -0.15) is 0 Å². The van der Waals surface area contributed by atoms with Crippen LogP contribution in [0.2, 0.25) is 0 Å². The van der Waals surface area contributed by atoms with Gasteiger partial charge in [-0.25, -0.2) is 0 Å². The maximum atomic E-state index is 12.8. The molecule has 3 heteroatoms. The van der Waals surface area contributed by atoms with Gasteiger partial charge in [-0.1, -0.05) is 19.4 Å². The normalized spacial score (nSPS) is 22.5. The topological polar surface area (TPSA) is 33.2 Å². The van der Waals surface area contributed by atoms with Crippen molar-refractivity contribution in [3.63, 3.8) is 0 Å². The third-order valence-corrected chi connectivity index (χ3v) is 4.67. The highest BCUT2D eigenvalue weighted by atomic mass is 16.2. The van der Waals surface area contributed by atoms with E-state index in [0.717, 1.165) is 35.9 Å². The minimum atomic E-state index is 0.159. The van der Waals surface area contributed by atoms with Crippen molar-refractivity contribution in [1.29, 1.82) is 0 Å². The number of hydrogen-bond donors (Lipinski definition) is 0. The molecule has 1 aromatic carbocycles. The van der Waals surface area contributed by atoms with Crippen molar-refractivity contribution in [1.82, 2.24) is 9.88 Å². The Hall–Kier alpha value is -1.90.